The minimum atomic E-state index is 0.619. The number of hydrogen-bond acceptors (Lipinski definition) is 4. The predicted octanol–water partition coefficient (Wildman–Crippen LogP) is 11.1. The average molecular weight is 601 g/mol. The number of aromatic nitrogens is 3. The van der Waals surface area contributed by atoms with Crippen LogP contribution in [0.15, 0.2) is 170 Å². The second-order valence-corrected chi connectivity index (χ2v) is 11.6. The van der Waals surface area contributed by atoms with Crippen molar-refractivity contribution in [3.05, 3.63) is 170 Å². The number of hydrogen-bond donors (Lipinski definition) is 0. The summed E-state index contributed by atoms with van der Waals surface area (Å²) in [6.45, 7) is 0. The first kappa shape index (κ1) is 27.0. The first-order chi connectivity index (χ1) is 23.3. The molecule has 4 heteroatoms. The largest absolute Gasteiger partial charge is 0.309 e. The van der Waals surface area contributed by atoms with Gasteiger partial charge in [0.15, 0.2) is 17.5 Å². The van der Waals surface area contributed by atoms with Gasteiger partial charge in [0.2, 0.25) is 0 Å². The van der Waals surface area contributed by atoms with Gasteiger partial charge in [-0.3, -0.25) is 0 Å². The molecule has 4 nitrogen and oxygen atoms in total. The Hall–Kier alpha value is -6.39. The lowest BCUT2D eigenvalue weighted by Crippen LogP contribution is -2.15. The summed E-state index contributed by atoms with van der Waals surface area (Å²) in [5, 5.41) is 2.44. The van der Waals surface area contributed by atoms with Crippen LogP contribution in [0.25, 0.3) is 67.2 Å². The van der Waals surface area contributed by atoms with Crippen molar-refractivity contribution in [2.45, 2.75) is 0 Å². The quantitative estimate of drug-likeness (QED) is 0.202. The van der Waals surface area contributed by atoms with Crippen LogP contribution in [0.1, 0.15) is 0 Å². The molecule has 0 aliphatic carbocycles. The van der Waals surface area contributed by atoms with Gasteiger partial charge >= 0.3 is 0 Å². The van der Waals surface area contributed by atoms with Crippen molar-refractivity contribution >= 4 is 27.8 Å². The molecule has 0 saturated carbocycles. The summed E-state index contributed by atoms with van der Waals surface area (Å²) in [6, 6.07) is 59.3. The van der Waals surface area contributed by atoms with Crippen LogP contribution < -0.4 is 4.90 Å². The molecular formula is C43H28N4. The van der Waals surface area contributed by atoms with Gasteiger partial charge in [-0.2, -0.15) is 0 Å². The van der Waals surface area contributed by atoms with Crippen LogP contribution in [0.3, 0.4) is 0 Å². The summed E-state index contributed by atoms with van der Waals surface area (Å²) in [5.41, 5.74) is 10.6. The number of anilines is 3. The zero-order valence-electron chi connectivity index (χ0n) is 25.5. The minimum absolute atomic E-state index is 0.619. The summed E-state index contributed by atoms with van der Waals surface area (Å²) >= 11 is 0. The fraction of sp³-hybridized carbons (Fsp3) is 0. The molecule has 0 spiro atoms. The van der Waals surface area contributed by atoms with Crippen LogP contribution in [-0.2, 0) is 0 Å². The van der Waals surface area contributed by atoms with Crippen LogP contribution in [0.4, 0.5) is 17.1 Å². The third-order valence-electron chi connectivity index (χ3n) is 8.84. The van der Waals surface area contributed by atoms with Crippen molar-refractivity contribution in [1.82, 2.24) is 15.0 Å². The second-order valence-electron chi connectivity index (χ2n) is 11.6. The monoisotopic (exact) mass is 600 g/mol. The summed E-state index contributed by atoms with van der Waals surface area (Å²) in [4.78, 5) is 17.7. The highest BCUT2D eigenvalue weighted by Gasteiger charge is 2.29. The van der Waals surface area contributed by atoms with Gasteiger partial charge in [0.25, 0.3) is 0 Å². The number of benzene rings is 7. The van der Waals surface area contributed by atoms with Crippen LogP contribution in [0, 0.1) is 0 Å². The molecule has 1 aliphatic rings. The molecule has 0 bridgehead atoms. The van der Waals surface area contributed by atoms with E-state index < -0.39 is 0 Å². The number of fused-ring (bicyclic) bond motifs is 4. The molecule has 0 unspecified atom stereocenters. The molecule has 0 radical (unpaired) electrons. The lowest BCUT2D eigenvalue weighted by molar-refractivity contribution is 1.07. The Morgan fingerprint density at radius 3 is 1.47 bits per heavy atom. The first-order valence-corrected chi connectivity index (χ1v) is 15.8. The maximum Gasteiger partial charge on any atom is 0.166 e. The van der Waals surface area contributed by atoms with Crippen molar-refractivity contribution in [2.24, 2.45) is 0 Å². The summed E-state index contributed by atoms with van der Waals surface area (Å²) in [7, 11) is 0. The molecule has 0 fully saturated rings. The van der Waals surface area contributed by atoms with E-state index in [2.05, 4.69) is 114 Å². The highest BCUT2D eigenvalue weighted by molar-refractivity contribution is 6.14. The molecule has 1 aromatic heterocycles. The van der Waals surface area contributed by atoms with Crippen LogP contribution in [-0.4, -0.2) is 15.0 Å². The number of nitrogens with zero attached hydrogens (tertiary/aromatic N) is 4. The van der Waals surface area contributed by atoms with Crippen molar-refractivity contribution in [1.29, 1.82) is 0 Å². The lowest BCUT2D eigenvalue weighted by atomic mass is 9.86. The third kappa shape index (κ3) is 4.58. The molecule has 47 heavy (non-hydrogen) atoms. The van der Waals surface area contributed by atoms with Gasteiger partial charge in [-0.05, 0) is 46.2 Å². The molecule has 0 atom stereocenters. The van der Waals surface area contributed by atoms with Crippen LogP contribution in [0.2, 0.25) is 0 Å². The molecule has 0 saturated heterocycles. The van der Waals surface area contributed by atoms with E-state index in [9.17, 15) is 0 Å². The highest BCUT2D eigenvalue weighted by atomic mass is 15.2. The third-order valence-corrected chi connectivity index (χ3v) is 8.84. The molecule has 8 aromatic rings. The van der Waals surface area contributed by atoms with E-state index >= 15 is 0 Å². The van der Waals surface area contributed by atoms with Gasteiger partial charge < -0.3 is 4.90 Å². The standard InChI is InChI=1S/C43H28N4/c1-4-15-30(16-5-1)41-44-42(31-17-6-2-7-18-31)46-43(45-41)37-27-14-26-36-35-25-13-20-29-19-12-24-34(39(29)35)33-23-10-11-28-38(33)47(40(36)37)32-21-8-3-9-22-32/h1-28H. The molecule has 0 N–H and O–H groups in total. The van der Waals surface area contributed by atoms with Crippen molar-refractivity contribution in [2.75, 3.05) is 4.90 Å². The van der Waals surface area contributed by atoms with Crippen molar-refractivity contribution in [3.8, 4) is 56.4 Å². The van der Waals surface area contributed by atoms with Gasteiger partial charge in [-0.25, -0.2) is 15.0 Å². The van der Waals surface area contributed by atoms with Crippen LogP contribution >= 0.6 is 0 Å². The van der Waals surface area contributed by atoms with E-state index in [1.807, 2.05) is 60.7 Å². The Morgan fingerprint density at radius 1 is 0.340 bits per heavy atom. The molecule has 1 aliphatic heterocycles. The normalized spacial score (nSPS) is 11.8. The fourth-order valence-corrected chi connectivity index (χ4v) is 6.76. The van der Waals surface area contributed by atoms with Crippen LogP contribution in [0.5, 0.6) is 0 Å². The zero-order chi connectivity index (χ0) is 31.2. The summed E-state index contributed by atoms with van der Waals surface area (Å²) in [5.74, 6) is 1.89. The first-order valence-electron chi connectivity index (χ1n) is 15.8. The SMILES string of the molecule is c1ccc(-c2nc(-c3ccccc3)nc(-c3cccc4c3N(c3ccccc3)c3ccccc3-c3cccc5cccc-4c35)n2)cc1. The Balaban J connectivity index is 1.42. The van der Waals surface area contributed by atoms with Gasteiger partial charge in [-0.15, -0.1) is 0 Å². The van der Waals surface area contributed by atoms with E-state index in [0.29, 0.717) is 17.5 Å². The molecular weight excluding hydrogens is 573 g/mol. The summed E-state index contributed by atoms with van der Waals surface area (Å²) < 4.78 is 0. The van der Waals surface area contributed by atoms with Crippen molar-refractivity contribution in [3.63, 3.8) is 0 Å². The smallest absolute Gasteiger partial charge is 0.166 e. The maximum absolute atomic E-state index is 5.19. The highest BCUT2D eigenvalue weighted by Crippen LogP contribution is 2.53. The Labute approximate surface area is 273 Å². The maximum atomic E-state index is 5.19. The lowest BCUT2D eigenvalue weighted by Gasteiger charge is -2.33. The zero-order valence-corrected chi connectivity index (χ0v) is 25.5. The fourth-order valence-electron chi connectivity index (χ4n) is 6.76. The van der Waals surface area contributed by atoms with E-state index in [1.54, 1.807) is 0 Å². The number of para-hydroxylation sites is 3. The average Bonchev–Trinajstić information content (AvgIpc) is 3.15. The topological polar surface area (TPSA) is 41.9 Å². The number of rotatable bonds is 4. The molecule has 9 rings (SSSR count). The van der Waals surface area contributed by atoms with Gasteiger partial charge in [0, 0.05) is 33.5 Å². The van der Waals surface area contributed by atoms with Crippen molar-refractivity contribution < 1.29 is 0 Å². The molecule has 7 aromatic carbocycles. The molecule has 0 amide bonds. The van der Waals surface area contributed by atoms with E-state index in [0.717, 1.165) is 39.3 Å². The van der Waals surface area contributed by atoms with E-state index in [4.69, 9.17) is 15.0 Å². The Bertz CT molecular complexity index is 2340. The van der Waals surface area contributed by atoms with Gasteiger partial charge in [0.05, 0.1) is 11.4 Å². The predicted molar refractivity (Wildman–Crippen MR) is 193 cm³/mol. The second kappa shape index (κ2) is 11.2. The minimum Gasteiger partial charge on any atom is -0.309 e. The summed E-state index contributed by atoms with van der Waals surface area (Å²) in [6.07, 6.45) is 0. The van der Waals surface area contributed by atoms with E-state index in [-0.39, 0.29) is 0 Å². The van der Waals surface area contributed by atoms with Gasteiger partial charge in [0.1, 0.15) is 0 Å². The van der Waals surface area contributed by atoms with E-state index in [1.165, 1.54) is 27.5 Å². The molecule has 2 heterocycles. The molecule has 220 valence electrons. The Morgan fingerprint density at radius 2 is 0.809 bits per heavy atom. The van der Waals surface area contributed by atoms with Gasteiger partial charge in [-0.1, -0.05) is 146 Å². The Kier molecular flexibility index (Phi) is 6.43.